The van der Waals surface area contributed by atoms with Crippen LogP contribution in [0.15, 0.2) is 64.8 Å². The van der Waals surface area contributed by atoms with Crippen LogP contribution in [0.5, 0.6) is 0 Å². The minimum Gasteiger partial charge on any atom is -0.312 e. The molecule has 1 aromatic heterocycles. The van der Waals surface area contributed by atoms with Crippen molar-refractivity contribution in [2.75, 3.05) is 18.8 Å². The summed E-state index contributed by atoms with van der Waals surface area (Å²) in [5, 5.41) is 4.96. The van der Waals surface area contributed by atoms with Crippen molar-refractivity contribution in [3.63, 3.8) is 0 Å². The van der Waals surface area contributed by atoms with E-state index in [1.54, 1.807) is 23.1 Å². The Kier molecular flexibility index (Phi) is 4.93. The van der Waals surface area contributed by atoms with E-state index in [0.29, 0.717) is 0 Å². The first-order valence-corrected chi connectivity index (χ1v) is 9.00. The van der Waals surface area contributed by atoms with E-state index in [4.69, 9.17) is 0 Å². The summed E-state index contributed by atoms with van der Waals surface area (Å²) in [6, 6.07) is 14.0. The average Bonchev–Trinajstić information content (AvgIpc) is 2.55. The molecule has 0 saturated heterocycles. The standard InChI is InChI=1S/C18H17NOS2/c1-2-10-19-11-12-21-15-8-5-9-16-17(15)18(20)13-6-3-4-7-14(13)22-16/h2-9,19H,1,10-12H2. The molecule has 4 heteroatoms. The second kappa shape index (κ2) is 7.09. The largest absolute Gasteiger partial charge is 0.312 e. The molecule has 2 aromatic carbocycles. The second-order valence-electron chi connectivity index (χ2n) is 4.90. The van der Waals surface area contributed by atoms with Gasteiger partial charge in [-0.3, -0.25) is 4.79 Å². The van der Waals surface area contributed by atoms with Gasteiger partial charge in [-0.15, -0.1) is 29.7 Å². The van der Waals surface area contributed by atoms with E-state index in [1.807, 2.05) is 48.5 Å². The average molecular weight is 327 g/mol. The molecule has 0 aliphatic carbocycles. The first-order chi connectivity index (χ1) is 10.8. The summed E-state index contributed by atoms with van der Waals surface area (Å²) >= 11 is 3.42. The lowest BCUT2D eigenvalue weighted by Crippen LogP contribution is -2.16. The van der Waals surface area contributed by atoms with E-state index < -0.39 is 0 Å². The van der Waals surface area contributed by atoms with Gasteiger partial charge in [0.05, 0.1) is 5.39 Å². The van der Waals surface area contributed by atoms with E-state index in [2.05, 4.69) is 11.9 Å². The molecular weight excluding hydrogens is 310 g/mol. The molecule has 22 heavy (non-hydrogen) atoms. The van der Waals surface area contributed by atoms with Gasteiger partial charge in [0.2, 0.25) is 0 Å². The molecule has 0 spiro atoms. The summed E-state index contributed by atoms with van der Waals surface area (Å²) in [4.78, 5) is 13.9. The lowest BCUT2D eigenvalue weighted by molar-refractivity contribution is 0.807. The lowest BCUT2D eigenvalue weighted by atomic mass is 10.2. The third-order valence-corrected chi connectivity index (χ3v) is 5.59. The predicted octanol–water partition coefficient (Wildman–Crippen LogP) is 4.28. The molecule has 3 aromatic rings. The highest BCUT2D eigenvalue weighted by molar-refractivity contribution is 7.99. The molecule has 0 aliphatic heterocycles. The van der Waals surface area contributed by atoms with Crippen LogP contribution in [0.4, 0.5) is 0 Å². The predicted molar refractivity (Wildman–Crippen MR) is 99.4 cm³/mol. The number of rotatable bonds is 6. The van der Waals surface area contributed by atoms with Crippen LogP contribution in [-0.2, 0) is 0 Å². The van der Waals surface area contributed by atoms with Crippen LogP contribution < -0.4 is 10.7 Å². The van der Waals surface area contributed by atoms with E-state index in [1.165, 1.54) is 0 Å². The zero-order valence-electron chi connectivity index (χ0n) is 12.2. The maximum atomic E-state index is 12.8. The third kappa shape index (κ3) is 3.09. The van der Waals surface area contributed by atoms with E-state index >= 15 is 0 Å². The molecule has 0 atom stereocenters. The second-order valence-corrected chi connectivity index (χ2v) is 7.12. The summed E-state index contributed by atoms with van der Waals surface area (Å²) in [5.74, 6) is 0.934. The molecule has 0 bridgehead atoms. The zero-order valence-corrected chi connectivity index (χ0v) is 13.8. The third-order valence-electron chi connectivity index (χ3n) is 3.39. The number of thioether (sulfide) groups is 1. The molecule has 3 rings (SSSR count). The molecule has 2 nitrogen and oxygen atoms in total. The van der Waals surface area contributed by atoms with Crippen LogP contribution in [-0.4, -0.2) is 18.8 Å². The Bertz CT molecular complexity index is 870. The van der Waals surface area contributed by atoms with Gasteiger partial charge < -0.3 is 5.32 Å². The van der Waals surface area contributed by atoms with E-state index in [0.717, 1.165) is 43.9 Å². The summed E-state index contributed by atoms with van der Waals surface area (Å²) in [5.41, 5.74) is 0.145. The van der Waals surface area contributed by atoms with Crippen molar-refractivity contribution in [2.24, 2.45) is 0 Å². The SMILES string of the molecule is C=CCNCCSc1cccc2sc3ccccc3c(=O)c12. The molecule has 112 valence electrons. The van der Waals surface area contributed by atoms with Gasteiger partial charge in [0.1, 0.15) is 0 Å². The Morgan fingerprint density at radius 2 is 1.95 bits per heavy atom. The number of fused-ring (bicyclic) bond motifs is 2. The van der Waals surface area contributed by atoms with Crippen LogP contribution in [0.3, 0.4) is 0 Å². The smallest absolute Gasteiger partial charge is 0.196 e. The molecule has 1 N–H and O–H groups in total. The molecule has 0 amide bonds. The molecule has 1 heterocycles. The molecule has 0 saturated carbocycles. The van der Waals surface area contributed by atoms with E-state index in [-0.39, 0.29) is 5.43 Å². The van der Waals surface area contributed by atoms with Crippen molar-refractivity contribution >= 4 is 43.3 Å². The minimum atomic E-state index is 0.145. The fourth-order valence-corrected chi connectivity index (χ4v) is 4.53. The van der Waals surface area contributed by atoms with Crippen molar-refractivity contribution in [1.29, 1.82) is 0 Å². The quantitative estimate of drug-likeness (QED) is 0.317. The van der Waals surface area contributed by atoms with Crippen molar-refractivity contribution in [1.82, 2.24) is 5.32 Å². The maximum Gasteiger partial charge on any atom is 0.196 e. The Labute approximate surface area is 137 Å². The number of benzene rings is 2. The van der Waals surface area contributed by atoms with Crippen LogP contribution in [0, 0.1) is 0 Å². The van der Waals surface area contributed by atoms with Gasteiger partial charge in [-0.2, -0.15) is 0 Å². The van der Waals surface area contributed by atoms with Crippen LogP contribution in [0.2, 0.25) is 0 Å². The van der Waals surface area contributed by atoms with Gasteiger partial charge in [-0.25, -0.2) is 0 Å². The molecule has 0 aliphatic rings. The van der Waals surface area contributed by atoms with Crippen molar-refractivity contribution in [3.8, 4) is 0 Å². The number of hydrogen-bond acceptors (Lipinski definition) is 4. The van der Waals surface area contributed by atoms with Gasteiger partial charge in [0.15, 0.2) is 5.43 Å². The van der Waals surface area contributed by atoms with Gasteiger partial charge in [-0.1, -0.05) is 24.3 Å². The summed E-state index contributed by atoms with van der Waals surface area (Å²) in [6.45, 7) is 5.40. The minimum absolute atomic E-state index is 0.145. The summed E-state index contributed by atoms with van der Waals surface area (Å²) in [6.07, 6.45) is 1.85. The maximum absolute atomic E-state index is 12.8. The Morgan fingerprint density at radius 1 is 1.14 bits per heavy atom. The van der Waals surface area contributed by atoms with Gasteiger partial charge in [-0.05, 0) is 24.3 Å². The summed E-state index contributed by atoms with van der Waals surface area (Å²) < 4.78 is 2.11. The normalized spacial score (nSPS) is 11.1. The Morgan fingerprint density at radius 3 is 2.82 bits per heavy atom. The molecule has 0 radical (unpaired) electrons. The first-order valence-electron chi connectivity index (χ1n) is 7.20. The van der Waals surface area contributed by atoms with Gasteiger partial charge in [0.25, 0.3) is 0 Å². The molecule has 0 unspecified atom stereocenters. The Balaban J connectivity index is 1.98. The fraction of sp³-hybridized carbons (Fsp3) is 0.167. The molecule has 0 fully saturated rings. The topological polar surface area (TPSA) is 29.1 Å². The van der Waals surface area contributed by atoms with Crippen LogP contribution >= 0.6 is 23.1 Å². The first kappa shape index (κ1) is 15.3. The monoisotopic (exact) mass is 327 g/mol. The van der Waals surface area contributed by atoms with Crippen molar-refractivity contribution < 1.29 is 0 Å². The number of nitrogens with one attached hydrogen (secondary N) is 1. The van der Waals surface area contributed by atoms with Crippen LogP contribution in [0.1, 0.15) is 0 Å². The van der Waals surface area contributed by atoms with Crippen molar-refractivity contribution in [2.45, 2.75) is 4.90 Å². The molecular formula is C18H17NOS2. The Hall–Kier alpha value is -1.62. The fourth-order valence-electron chi connectivity index (χ4n) is 2.37. The number of hydrogen-bond donors (Lipinski definition) is 1. The highest BCUT2D eigenvalue weighted by atomic mass is 32.2. The van der Waals surface area contributed by atoms with Gasteiger partial charge in [0, 0.05) is 38.5 Å². The lowest BCUT2D eigenvalue weighted by Gasteiger charge is -2.07. The van der Waals surface area contributed by atoms with Gasteiger partial charge >= 0.3 is 0 Å². The highest BCUT2D eigenvalue weighted by Crippen LogP contribution is 2.31. The van der Waals surface area contributed by atoms with Crippen LogP contribution in [0.25, 0.3) is 20.2 Å². The zero-order chi connectivity index (χ0) is 15.4. The highest BCUT2D eigenvalue weighted by Gasteiger charge is 2.09. The van der Waals surface area contributed by atoms with E-state index in [9.17, 15) is 4.79 Å². The van der Waals surface area contributed by atoms with Crippen molar-refractivity contribution in [3.05, 3.63) is 65.3 Å². The summed E-state index contributed by atoms with van der Waals surface area (Å²) in [7, 11) is 0.